The van der Waals surface area contributed by atoms with Gasteiger partial charge in [-0.05, 0) is 37.0 Å². The smallest absolute Gasteiger partial charge is 0.257 e. The Kier molecular flexibility index (Phi) is 10.4. The minimum atomic E-state index is 0. The molecule has 0 fully saturated rings. The maximum absolute atomic E-state index is 5.30. The number of hydrogen-bond acceptors (Lipinski definition) is 6. The van der Waals surface area contributed by atoms with E-state index in [1.165, 1.54) is 5.56 Å². The van der Waals surface area contributed by atoms with E-state index in [9.17, 15) is 0 Å². The van der Waals surface area contributed by atoms with Crippen LogP contribution in [0.5, 0.6) is 0 Å². The summed E-state index contributed by atoms with van der Waals surface area (Å²) in [6, 6.07) is 8.24. The van der Waals surface area contributed by atoms with Gasteiger partial charge < -0.3 is 15.2 Å². The van der Waals surface area contributed by atoms with Crippen molar-refractivity contribution in [3.63, 3.8) is 0 Å². The molecule has 0 amide bonds. The Hall–Kier alpha value is -2.01. The molecule has 1 aromatic carbocycles. The highest BCUT2D eigenvalue weighted by atomic mass is 127. The van der Waals surface area contributed by atoms with Gasteiger partial charge in [0.1, 0.15) is 5.01 Å². The molecule has 0 radical (unpaired) electrons. The van der Waals surface area contributed by atoms with Crippen LogP contribution in [0.4, 0.5) is 0 Å². The van der Waals surface area contributed by atoms with E-state index in [0.717, 1.165) is 54.0 Å². The summed E-state index contributed by atoms with van der Waals surface area (Å²) in [6.07, 6.45) is 1.66. The Morgan fingerprint density at radius 3 is 2.52 bits per heavy atom. The number of rotatable bonds is 9. The summed E-state index contributed by atoms with van der Waals surface area (Å²) in [5.41, 5.74) is 3.31. The van der Waals surface area contributed by atoms with Crippen LogP contribution in [0.25, 0.3) is 11.5 Å². The molecule has 0 aliphatic carbocycles. The molecule has 0 unspecified atom stereocenters. The van der Waals surface area contributed by atoms with Crippen molar-refractivity contribution in [3.8, 4) is 11.5 Å². The lowest BCUT2D eigenvalue weighted by Crippen LogP contribution is -2.38. The predicted molar refractivity (Wildman–Crippen MR) is 137 cm³/mol. The molecule has 3 rings (SSSR count). The van der Waals surface area contributed by atoms with Crippen LogP contribution in [0, 0.1) is 0 Å². The number of hydrogen-bond donors (Lipinski definition) is 2. The average Bonchev–Trinajstić information content (AvgIpc) is 3.42. The fourth-order valence-corrected chi connectivity index (χ4v) is 3.68. The molecular weight excluding hydrogens is 523 g/mol. The molecule has 9 heteroatoms. The first-order valence-electron chi connectivity index (χ1n) is 10.5. The van der Waals surface area contributed by atoms with Gasteiger partial charge in [-0.2, -0.15) is 4.98 Å². The molecular formula is C22H31IN6OS. The summed E-state index contributed by atoms with van der Waals surface area (Å²) in [6.45, 7) is 10.6. The maximum Gasteiger partial charge on any atom is 0.257 e. The van der Waals surface area contributed by atoms with Crippen molar-refractivity contribution in [2.24, 2.45) is 4.99 Å². The maximum atomic E-state index is 5.30. The van der Waals surface area contributed by atoms with E-state index in [1.807, 2.05) is 19.1 Å². The predicted octanol–water partition coefficient (Wildman–Crippen LogP) is 4.79. The molecule has 2 aromatic heterocycles. The van der Waals surface area contributed by atoms with Crippen LogP contribution in [0.2, 0.25) is 0 Å². The van der Waals surface area contributed by atoms with Gasteiger partial charge in [-0.25, -0.2) is 9.98 Å². The first-order valence-corrected chi connectivity index (χ1v) is 11.3. The van der Waals surface area contributed by atoms with Crippen molar-refractivity contribution in [3.05, 3.63) is 51.7 Å². The second kappa shape index (κ2) is 12.7. The van der Waals surface area contributed by atoms with Crippen LogP contribution in [0.15, 0.2) is 39.2 Å². The third-order valence-corrected chi connectivity index (χ3v) is 5.42. The lowest BCUT2D eigenvalue weighted by Gasteiger charge is -2.11. The number of aliphatic imine (C=N–C) groups is 1. The van der Waals surface area contributed by atoms with E-state index in [-0.39, 0.29) is 24.0 Å². The zero-order valence-corrected chi connectivity index (χ0v) is 21.7. The Bertz CT molecular complexity index is 951. The Morgan fingerprint density at radius 1 is 1.13 bits per heavy atom. The molecule has 2 N–H and O–H groups in total. The van der Waals surface area contributed by atoms with E-state index in [2.05, 4.69) is 69.0 Å². The first kappa shape index (κ1) is 25.3. The largest absolute Gasteiger partial charge is 0.357 e. The quantitative estimate of drug-likeness (QED) is 0.225. The molecule has 0 saturated carbocycles. The van der Waals surface area contributed by atoms with Crippen LogP contribution in [0.3, 0.4) is 0 Å². The number of guanidine groups is 1. The van der Waals surface area contributed by atoms with Crippen LogP contribution in [-0.2, 0) is 19.4 Å². The van der Waals surface area contributed by atoms with E-state index in [4.69, 9.17) is 4.52 Å². The standard InChI is InChI=1S/C22H30N6OS.HI/c1-5-19-27-21(29-28-19)17-9-7-16(8-10-17)11-12-24-22(23-6-2)25-13-20-26-18(14-30-20)15(3)4;/h7-10,14-15H,5-6,11-13H2,1-4H3,(H2,23,24,25);1H. The third-order valence-electron chi connectivity index (χ3n) is 4.57. The number of halogens is 1. The normalized spacial score (nSPS) is 11.5. The number of nitrogens with one attached hydrogen (secondary N) is 2. The molecule has 31 heavy (non-hydrogen) atoms. The summed E-state index contributed by atoms with van der Waals surface area (Å²) in [7, 11) is 0. The minimum Gasteiger partial charge on any atom is -0.357 e. The molecule has 0 saturated heterocycles. The monoisotopic (exact) mass is 554 g/mol. The van der Waals surface area contributed by atoms with Gasteiger partial charge in [0.15, 0.2) is 11.8 Å². The van der Waals surface area contributed by atoms with Crippen LogP contribution in [0.1, 0.15) is 55.7 Å². The Balaban J connectivity index is 0.00000341. The second-order valence-electron chi connectivity index (χ2n) is 7.26. The summed E-state index contributed by atoms with van der Waals surface area (Å²) >= 11 is 1.67. The van der Waals surface area contributed by atoms with Crippen LogP contribution in [-0.4, -0.2) is 34.2 Å². The van der Waals surface area contributed by atoms with Crippen molar-refractivity contribution in [2.45, 2.75) is 53.0 Å². The van der Waals surface area contributed by atoms with Gasteiger partial charge in [-0.1, -0.05) is 38.1 Å². The average molecular weight is 555 g/mol. The highest BCUT2D eigenvalue weighted by molar-refractivity contribution is 14.0. The van der Waals surface area contributed by atoms with Crippen molar-refractivity contribution in [1.82, 2.24) is 25.8 Å². The van der Waals surface area contributed by atoms with Crippen molar-refractivity contribution in [2.75, 3.05) is 13.1 Å². The number of aromatic nitrogens is 3. The van der Waals surface area contributed by atoms with Gasteiger partial charge in [0.2, 0.25) is 0 Å². The Labute approximate surface area is 205 Å². The number of aryl methyl sites for hydroxylation is 1. The molecule has 168 valence electrons. The fourth-order valence-electron chi connectivity index (χ4n) is 2.81. The van der Waals surface area contributed by atoms with Crippen molar-refractivity contribution < 1.29 is 4.52 Å². The van der Waals surface area contributed by atoms with Crippen LogP contribution < -0.4 is 10.6 Å². The molecule has 0 aliphatic rings. The molecule has 0 spiro atoms. The molecule has 0 aliphatic heterocycles. The highest BCUT2D eigenvalue weighted by Crippen LogP contribution is 2.19. The minimum absolute atomic E-state index is 0. The van der Waals surface area contributed by atoms with E-state index >= 15 is 0 Å². The lowest BCUT2D eigenvalue weighted by molar-refractivity contribution is 0.423. The zero-order chi connectivity index (χ0) is 21.3. The Morgan fingerprint density at radius 2 is 1.90 bits per heavy atom. The molecule has 2 heterocycles. The second-order valence-corrected chi connectivity index (χ2v) is 8.20. The van der Waals surface area contributed by atoms with E-state index < -0.39 is 0 Å². The number of nitrogens with zero attached hydrogens (tertiary/aromatic N) is 4. The van der Waals surface area contributed by atoms with E-state index in [1.54, 1.807) is 11.3 Å². The van der Waals surface area contributed by atoms with Gasteiger partial charge in [0.05, 0.1) is 12.2 Å². The fraction of sp³-hybridized carbons (Fsp3) is 0.455. The van der Waals surface area contributed by atoms with Crippen molar-refractivity contribution >= 4 is 41.3 Å². The molecule has 3 aromatic rings. The summed E-state index contributed by atoms with van der Waals surface area (Å²) in [5, 5.41) is 13.8. The topological polar surface area (TPSA) is 88.2 Å². The third kappa shape index (κ3) is 7.57. The van der Waals surface area contributed by atoms with Gasteiger partial charge in [-0.15, -0.1) is 35.3 Å². The summed E-state index contributed by atoms with van der Waals surface area (Å²) < 4.78 is 5.30. The van der Waals surface area contributed by atoms with E-state index in [0.29, 0.717) is 18.4 Å². The SMILES string of the molecule is CCNC(=NCc1nc(C(C)C)cs1)NCCc1ccc(-c2nc(CC)no2)cc1.I. The lowest BCUT2D eigenvalue weighted by atomic mass is 10.1. The first-order chi connectivity index (χ1) is 14.6. The highest BCUT2D eigenvalue weighted by Gasteiger charge is 2.08. The molecule has 0 bridgehead atoms. The van der Waals surface area contributed by atoms with Gasteiger partial charge in [0, 0.05) is 30.5 Å². The van der Waals surface area contributed by atoms with Gasteiger partial charge in [0.25, 0.3) is 5.89 Å². The van der Waals surface area contributed by atoms with Gasteiger partial charge in [-0.3, -0.25) is 0 Å². The molecule has 0 atom stereocenters. The van der Waals surface area contributed by atoms with Gasteiger partial charge >= 0.3 is 0 Å². The van der Waals surface area contributed by atoms with Crippen molar-refractivity contribution in [1.29, 1.82) is 0 Å². The number of thiazole rings is 1. The molecule has 7 nitrogen and oxygen atoms in total. The summed E-state index contributed by atoms with van der Waals surface area (Å²) in [4.78, 5) is 13.7. The zero-order valence-electron chi connectivity index (χ0n) is 18.5. The summed E-state index contributed by atoms with van der Waals surface area (Å²) in [5.74, 6) is 2.56. The van der Waals surface area contributed by atoms with Crippen LogP contribution >= 0.6 is 35.3 Å². The number of benzene rings is 1.